The fraction of sp³-hybridized carbons (Fsp3) is 0.304. The van der Waals surface area contributed by atoms with Crippen molar-refractivity contribution in [2.24, 2.45) is 0 Å². The van der Waals surface area contributed by atoms with Crippen LogP contribution >= 0.6 is 0 Å². The Morgan fingerprint density at radius 3 is 2.36 bits per heavy atom. The highest BCUT2D eigenvalue weighted by Gasteiger charge is 2.48. The molecule has 0 saturated carbocycles. The van der Waals surface area contributed by atoms with Crippen LogP contribution in [0.5, 0.6) is 5.75 Å². The monoisotopic (exact) mass is 472 g/mol. The Balaban J connectivity index is 0.00000228. The second-order valence-electron chi connectivity index (χ2n) is 9.03. The van der Waals surface area contributed by atoms with E-state index in [0.717, 1.165) is 62.7 Å². The van der Waals surface area contributed by atoms with Gasteiger partial charge in [0.25, 0.3) is 0 Å². The van der Waals surface area contributed by atoms with E-state index in [-0.39, 0.29) is 23.7 Å². The first-order chi connectivity index (χ1) is 15.4. The minimum Gasteiger partial charge on any atom is -1.00 e. The molecule has 1 aromatic heterocycles. The molecule has 33 heavy (non-hydrogen) atoms. The van der Waals surface area contributed by atoms with Crippen molar-refractivity contribution >= 4 is 16.9 Å². The first kappa shape index (κ1) is 22.0. The first-order valence-corrected chi connectivity index (χ1v) is 10.5. The van der Waals surface area contributed by atoms with Gasteiger partial charge in [0.15, 0.2) is 0 Å². The smallest absolute Gasteiger partial charge is 0.351 e. The van der Waals surface area contributed by atoms with Crippen LogP contribution in [-0.2, 0) is 6.54 Å². The Labute approximate surface area is 195 Å². The predicted octanol–water partition coefficient (Wildman–Crippen LogP) is -0.836. The number of fused-ring (bicyclic) bond motifs is 1. The van der Waals surface area contributed by atoms with Crippen molar-refractivity contribution in [3.05, 3.63) is 75.9 Å². The van der Waals surface area contributed by atoms with Crippen LogP contribution in [0.2, 0.25) is 0 Å². The molecule has 2 aromatic carbocycles. The van der Waals surface area contributed by atoms with Gasteiger partial charge in [-0.25, -0.2) is 28.7 Å². The Bertz CT molecular complexity index is 1260. The van der Waals surface area contributed by atoms with E-state index in [1.807, 2.05) is 12.1 Å². The van der Waals surface area contributed by atoms with Gasteiger partial charge in [0.1, 0.15) is 49.3 Å². The standard InChI is InChI=1S/C23H22FN4O4.ClH/c24-18-2-1-3-19(8-18)31-22(29)20-7-17-6-16(4-5-21(17)32-23(20)30)9-28-13-25-10-26(14-28)12-27(11-25)15-28;/h1-8H,9-15H2;1H/q+1;/p-1. The van der Waals surface area contributed by atoms with Crippen LogP contribution in [0.1, 0.15) is 15.9 Å². The molecule has 172 valence electrons. The van der Waals surface area contributed by atoms with E-state index in [1.165, 1.54) is 24.3 Å². The molecule has 4 saturated heterocycles. The van der Waals surface area contributed by atoms with Crippen LogP contribution in [-0.4, -0.2) is 65.2 Å². The van der Waals surface area contributed by atoms with Crippen molar-refractivity contribution in [2.45, 2.75) is 6.54 Å². The molecule has 0 atom stereocenters. The van der Waals surface area contributed by atoms with E-state index < -0.39 is 17.4 Å². The highest BCUT2D eigenvalue weighted by Crippen LogP contribution is 2.31. The average molecular weight is 473 g/mol. The third-order valence-electron chi connectivity index (χ3n) is 6.24. The molecular weight excluding hydrogens is 451 g/mol. The lowest BCUT2D eigenvalue weighted by Crippen LogP contribution is -3.00. The number of halogens is 2. The zero-order chi connectivity index (χ0) is 21.9. The van der Waals surface area contributed by atoms with E-state index in [0.29, 0.717) is 11.0 Å². The number of carbonyl (C=O) groups excluding carboxylic acids is 1. The highest BCUT2D eigenvalue weighted by atomic mass is 35.5. The number of quaternary nitrogens is 1. The molecule has 4 aliphatic rings. The summed E-state index contributed by atoms with van der Waals surface area (Å²) in [6, 6.07) is 12.4. The molecule has 0 N–H and O–H groups in total. The van der Waals surface area contributed by atoms with E-state index in [1.54, 1.807) is 6.07 Å². The van der Waals surface area contributed by atoms with Gasteiger partial charge in [-0.2, -0.15) is 0 Å². The van der Waals surface area contributed by atoms with Gasteiger partial charge in [-0.15, -0.1) is 0 Å². The molecule has 4 bridgehead atoms. The minimum absolute atomic E-state index is 0. The number of benzene rings is 2. The van der Waals surface area contributed by atoms with Crippen LogP contribution in [0, 0.1) is 5.82 Å². The summed E-state index contributed by atoms with van der Waals surface area (Å²) in [5.74, 6) is -1.37. The normalized spacial score (nSPS) is 27.4. The summed E-state index contributed by atoms with van der Waals surface area (Å²) in [6.45, 7) is 6.96. The van der Waals surface area contributed by atoms with Gasteiger partial charge in [-0.3, -0.25) is 4.48 Å². The molecule has 0 radical (unpaired) electrons. The fourth-order valence-corrected chi connectivity index (χ4v) is 5.30. The summed E-state index contributed by atoms with van der Waals surface area (Å²) >= 11 is 0. The zero-order valence-electron chi connectivity index (χ0n) is 17.7. The first-order valence-electron chi connectivity index (χ1n) is 10.5. The number of esters is 1. The molecule has 0 aliphatic carbocycles. The number of hydrogen-bond acceptors (Lipinski definition) is 7. The molecule has 5 heterocycles. The van der Waals surface area contributed by atoms with Crippen LogP contribution in [0.15, 0.2) is 57.7 Å². The van der Waals surface area contributed by atoms with Crippen LogP contribution in [0.4, 0.5) is 4.39 Å². The molecule has 10 heteroatoms. The summed E-state index contributed by atoms with van der Waals surface area (Å²) in [6.07, 6.45) is 0. The topological polar surface area (TPSA) is 66.2 Å². The number of ether oxygens (including phenoxy) is 1. The van der Waals surface area contributed by atoms with Crippen LogP contribution in [0.3, 0.4) is 0 Å². The number of carbonyl (C=O) groups is 1. The molecule has 3 aromatic rings. The number of rotatable bonds is 4. The Morgan fingerprint density at radius 2 is 1.70 bits per heavy atom. The van der Waals surface area contributed by atoms with Crippen LogP contribution < -0.4 is 22.8 Å². The molecule has 7 rings (SSSR count). The van der Waals surface area contributed by atoms with Crippen molar-refractivity contribution in [2.75, 3.05) is 40.0 Å². The Kier molecular flexibility index (Phi) is 5.46. The van der Waals surface area contributed by atoms with E-state index in [4.69, 9.17) is 9.15 Å². The summed E-state index contributed by atoms with van der Waals surface area (Å²) in [4.78, 5) is 32.3. The Morgan fingerprint density at radius 1 is 1.00 bits per heavy atom. The maximum Gasteiger partial charge on any atom is 0.351 e. The lowest BCUT2D eigenvalue weighted by atomic mass is 10.1. The molecule has 0 unspecified atom stereocenters. The Hall–Kier alpha value is -2.82. The van der Waals surface area contributed by atoms with Crippen molar-refractivity contribution in [3.63, 3.8) is 0 Å². The highest BCUT2D eigenvalue weighted by molar-refractivity contribution is 5.94. The average Bonchev–Trinajstić information content (AvgIpc) is 2.72. The maximum absolute atomic E-state index is 13.4. The summed E-state index contributed by atoms with van der Waals surface area (Å²) in [5, 5.41) is 0.656. The summed E-state index contributed by atoms with van der Waals surface area (Å²) < 4.78 is 24.9. The summed E-state index contributed by atoms with van der Waals surface area (Å²) in [5.41, 5.74) is 0.528. The molecule has 0 amide bonds. The van der Waals surface area contributed by atoms with Gasteiger partial charge in [-0.05, 0) is 36.4 Å². The van der Waals surface area contributed by atoms with Crippen molar-refractivity contribution < 1.29 is 35.2 Å². The number of hydrogen-bond donors (Lipinski definition) is 0. The predicted molar refractivity (Wildman–Crippen MR) is 113 cm³/mol. The third-order valence-corrected chi connectivity index (χ3v) is 6.24. The zero-order valence-corrected chi connectivity index (χ0v) is 18.5. The van der Waals surface area contributed by atoms with Gasteiger partial charge >= 0.3 is 11.6 Å². The van der Waals surface area contributed by atoms with Gasteiger partial charge in [-0.1, -0.05) is 6.07 Å². The van der Waals surface area contributed by atoms with E-state index in [9.17, 15) is 14.0 Å². The van der Waals surface area contributed by atoms with Crippen molar-refractivity contribution in [1.29, 1.82) is 0 Å². The summed E-state index contributed by atoms with van der Waals surface area (Å²) in [7, 11) is 0. The maximum atomic E-state index is 13.4. The molecule has 8 nitrogen and oxygen atoms in total. The second-order valence-corrected chi connectivity index (χ2v) is 9.03. The SMILES string of the molecule is O=C(Oc1cccc(F)c1)c1cc2cc(C[N+]34CN5CN(CN(C5)C3)C4)ccc2oc1=O.[Cl-]. The van der Waals surface area contributed by atoms with Gasteiger partial charge < -0.3 is 21.6 Å². The van der Waals surface area contributed by atoms with Gasteiger partial charge in [0, 0.05) is 17.0 Å². The van der Waals surface area contributed by atoms with E-state index >= 15 is 0 Å². The largest absolute Gasteiger partial charge is 1.00 e. The quantitative estimate of drug-likeness (QED) is 0.212. The number of nitrogens with zero attached hydrogens (tertiary/aromatic N) is 4. The van der Waals surface area contributed by atoms with E-state index in [2.05, 4.69) is 14.7 Å². The lowest BCUT2D eigenvalue weighted by molar-refractivity contribution is -0.991. The lowest BCUT2D eigenvalue weighted by Gasteiger charge is -2.60. The fourth-order valence-electron chi connectivity index (χ4n) is 5.30. The second kappa shape index (κ2) is 8.19. The molecule has 4 aliphatic heterocycles. The van der Waals surface area contributed by atoms with Crippen LogP contribution in [0.25, 0.3) is 11.0 Å². The van der Waals surface area contributed by atoms with Gasteiger partial charge in [0.2, 0.25) is 0 Å². The molecule has 4 fully saturated rings. The molecule has 0 spiro atoms. The van der Waals surface area contributed by atoms with Gasteiger partial charge in [0.05, 0.1) is 20.0 Å². The van der Waals surface area contributed by atoms with Crippen molar-refractivity contribution in [1.82, 2.24) is 14.7 Å². The minimum atomic E-state index is -0.873. The molecular formula is C23H22ClFN4O4. The third kappa shape index (κ3) is 4.14. The van der Waals surface area contributed by atoms with Crippen molar-refractivity contribution in [3.8, 4) is 5.75 Å².